The fourth-order valence-electron chi connectivity index (χ4n) is 3.00. The van der Waals surface area contributed by atoms with Crippen LogP contribution in [0.5, 0.6) is 17.2 Å². The number of benzene rings is 3. The van der Waals surface area contributed by atoms with Gasteiger partial charge in [-0.25, -0.2) is 5.43 Å². The summed E-state index contributed by atoms with van der Waals surface area (Å²) in [5.74, 6) is -0.773. The second kappa shape index (κ2) is 13.5. The molecule has 3 aromatic rings. The lowest BCUT2D eigenvalue weighted by molar-refractivity contribution is -0.139. The predicted octanol–water partition coefficient (Wildman–Crippen LogP) is 3.14. The third kappa shape index (κ3) is 8.25. The molecule has 0 saturated heterocycles. The van der Waals surface area contributed by atoms with Crippen LogP contribution in [0.1, 0.15) is 11.1 Å². The molecule has 3 aromatic carbocycles. The van der Waals surface area contributed by atoms with E-state index in [1.165, 1.54) is 13.3 Å². The SMILES string of the molecule is COc1ccc(CNC(=O)C(=O)N/N=C\c2ccc(OCC(=O)Nc3ccccc3Cl)c(OC)c2)cc1. The Morgan fingerprint density at radius 3 is 2.38 bits per heavy atom. The Hall–Kier alpha value is -4.57. The number of halogens is 1. The molecular formula is C26H25ClN4O6. The summed E-state index contributed by atoms with van der Waals surface area (Å²) in [5.41, 5.74) is 4.01. The molecule has 37 heavy (non-hydrogen) atoms. The number of hydrogen-bond donors (Lipinski definition) is 3. The van der Waals surface area contributed by atoms with Gasteiger partial charge in [0.05, 0.1) is 31.1 Å². The Balaban J connectivity index is 1.48. The van der Waals surface area contributed by atoms with E-state index < -0.39 is 17.7 Å². The van der Waals surface area contributed by atoms with Gasteiger partial charge in [0.15, 0.2) is 18.1 Å². The molecular weight excluding hydrogens is 500 g/mol. The van der Waals surface area contributed by atoms with Crippen molar-refractivity contribution in [2.75, 3.05) is 26.1 Å². The predicted molar refractivity (Wildman–Crippen MR) is 139 cm³/mol. The maximum Gasteiger partial charge on any atom is 0.329 e. The highest BCUT2D eigenvalue weighted by molar-refractivity contribution is 6.35. The fourth-order valence-corrected chi connectivity index (χ4v) is 3.18. The number of rotatable bonds is 10. The first-order chi connectivity index (χ1) is 17.9. The van der Waals surface area contributed by atoms with E-state index in [9.17, 15) is 14.4 Å². The van der Waals surface area contributed by atoms with E-state index in [-0.39, 0.29) is 13.2 Å². The maximum atomic E-state index is 12.2. The van der Waals surface area contributed by atoms with Crippen LogP contribution in [0.2, 0.25) is 5.02 Å². The highest BCUT2D eigenvalue weighted by atomic mass is 35.5. The summed E-state index contributed by atoms with van der Waals surface area (Å²) in [4.78, 5) is 36.2. The van der Waals surface area contributed by atoms with Crippen molar-refractivity contribution < 1.29 is 28.6 Å². The van der Waals surface area contributed by atoms with E-state index in [1.54, 1.807) is 73.8 Å². The fraction of sp³-hybridized carbons (Fsp3) is 0.154. The Labute approximate surface area is 218 Å². The van der Waals surface area contributed by atoms with Gasteiger partial charge in [0.25, 0.3) is 5.91 Å². The van der Waals surface area contributed by atoms with Crippen molar-refractivity contribution >= 4 is 41.2 Å². The number of para-hydroxylation sites is 1. The van der Waals surface area contributed by atoms with Gasteiger partial charge in [-0.15, -0.1) is 0 Å². The van der Waals surface area contributed by atoms with Crippen LogP contribution in [0.15, 0.2) is 71.8 Å². The Morgan fingerprint density at radius 1 is 0.919 bits per heavy atom. The van der Waals surface area contributed by atoms with Crippen LogP contribution in [0.25, 0.3) is 0 Å². The zero-order valence-corrected chi connectivity index (χ0v) is 20.9. The minimum atomic E-state index is -0.916. The van der Waals surface area contributed by atoms with Crippen molar-refractivity contribution in [2.45, 2.75) is 6.54 Å². The van der Waals surface area contributed by atoms with E-state index in [0.717, 1.165) is 5.56 Å². The minimum absolute atomic E-state index is 0.176. The van der Waals surface area contributed by atoms with Crippen LogP contribution in [-0.4, -0.2) is 44.8 Å². The molecule has 0 bridgehead atoms. The molecule has 0 radical (unpaired) electrons. The van der Waals surface area contributed by atoms with Gasteiger partial charge in [0.2, 0.25) is 0 Å². The maximum absolute atomic E-state index is 12.2. The van der Waals surface area contributed by atoms with E-state index in [2.05, 4.69) is 21.2 Å². The average Bonchev–Trinajstić information content (AvgIpc) is 2.92. The number of carbonyl (C=O) groups is 3. The number of methoxy groups -OCH3 is 2. The smallest absolute Gasteiger partial charge is 0.329 e. The molecule has 0 aliphatic heterocycles. The number of amides is 3. The number of nitrogens with one attached hydrogen (secondary N) is 3. The van der Waals surface area contributed by atoms with Gasteiger partial charge in [0.1, 0.15) is 5.75 Å². The molecule has 0 spiro atoms. The first kappa shape index (κ1) is 27.0. The largest absolute Gasteiger partial charge is 0.497 e. The van der Waals surface area contributed by atoms with Gasteiger partial charge in [-0.1, -0.05) is 35.9 Å². The lowest BCUT2D eigenvalue weighted by Crippen LogP contribution is -2.37. The molecule has 192 valence electrons. The Morgan fingerprint density at radius 2 is 1.68 bits per heavy atom. The number of hydrogen-bond acceptors (Lipinski definition) is 7. The molecule has 3 N–H and O–H groups in total. The van der Waals surface area contributed by atoms with Crippen molar-refractivity contribution in [3.8, 4) is 17.2 Å². The highest BCUT2D eigenvalue weighted by Gasteiger charge is 2.13. The van der Waals surface area contributed by atoms with Gasteiger partial charge in [0, 0.05) is 6.54 Å². The summed E-state index contributed by atoms with van der Waals surface area (Å²) in [6.07, 6.45) is 1.34. The number of hydrazone groups is 1. The normalized spacial score (nSPS) is 10.5. The summed E-state index contributed by atoms with van der Waals surface area (Å²) in [5, 5.41) is 9.39. The van der Waals surface area contributed by atoms with Crippen molar-refractivity contribution in [1.29, 1.82) is 0 Å². The molecule has 0 saturated carbocycles. The molecule has 0 atom stereocenters. The van der Waals surface area contributed by atoms with E-state index in [1.807, 2.05) is 0 Å². The van der Waals surface area contributed by atoms with Crippen LogP contribution in [0.4, 0.5) is 5.69 Å². The van der Waals surface area contributed by atoms with Crippen LogP contribution < -0.4 is 30.3 Å². The number of nitrogens with zero attached hydrogens (tertiary/aromatic N) is 1. The van der Waals surface area contributed by atoms with Gasteiger partial charge in [-0.05, 0) is 53.6 Å². The molecule has 3 rings (SSSR count). The summed E-state index contributed by atoms with van der Waals surface area (Å²) in [7, 11) is 3.01. The Bertz CT molecular complexity index is 1280. The van der Waals surface area contributed by atoms with Crippen LogP contribution in [0.3, 0.4) is 0 Å². The third-order valence-electron chi connectivity index (χ3n) is 4.89. The first-order valence-electron chi connectivity index (χ1n) is 11.0. The van der Waals surface area contributed by atoms with Crippen molar-refractivity contribution in [1.82, 2.24) is 10.7 Å². The van der Waals surface area contributed by atoms with Gasteiger partial charge in [-0.2, -0.15) is 5.10 Å². The van der Waals surface area contributed by atoms with Crippen LogP contribution in [-0.2, 0) is 20.9 Å². The van der Waals surface area contributed by atoms with E-state index in [4.69, 9.17) is 25.8 Å². The van der Waals surface area contributed by atoms with Gasteiger partial charge in [-0.3, -0.25) is 14.4 Å². The van der Waals surface area contributed by atoms with E-state index >= 15 is 0 Å². The lowest BCUT2D eigenvalue weighted by Gasteiger charge is -2.12. The summed E-state index contributed by atoms with van der Waals surface area (Å²) in [6, 6.07) is 18.8. The standard InChI is InChI=1S/C26H25ClN4O6/c1-35-19-10-7-17(8-11-19)14-28-25(33)26(34)31-29-15-18-9-12-22(23(13-18)36-2)37-16-24(32)30-21-6-4-3-5-20(21)27/h3-13,15H,14,16H2,1-2H3,(H,28,33)(H,30,32)(H,31,34)/b29-15-. The molecule has 11 heteroatoms. The summed E-state index contributed by atoms with van der Waals surface area (Å²) < 4.78 is 15.9. The average molecular weight is 525 g/mol. The molecule has 3 amide bonds. The highest BCUT2D eigenvalue weighted by Crippen LogP contribution is 2.28. The number of carbonyl (C=O) groups excluding carboxylic acids is 3. The number of ether oxygens (including phenoxy) is 3. The van der Waals surface area contributed by atoms with Crippen molar-refractivity contribution in [3.05, 3.63) is 82.9 Å². The minimum Gasteiger partial charge on any atom is -0.497 e. The molecule has 0 aromatic heterocycles. The first-order valence-corrected chi connectivity index (χ1v) is 11.4. The molecule has 0 unspecified atom stereocenters. The molecule has 10 nitrogen and oxygen atoms in total. The monoisotopic (exact) mass is 524 g/mol. The quantitative estimate of drug-likeness (QED) is 0.212. The van der Waals surface area contributed by atoms with Crippen LogP contribution >= 0.6 is 11.6 Å². The van der Waals surface area contributed by atoms with Gasteiger partial charge < -0.3 is 24.8 Å². The third-order valence-corrected chi connectivity index (χ3v) is 5.22. The zero-order valence-electron chi connectivity index (χ0n) is 20.1. The Kier molecular flexibility index (Phi) is 9.86. The zero-order chi connectivity index (χ0) is 26.6. The lowest BCUT2D eigenvalue weighted by atomic mass is 10.2. The van der Waals surface area contributed by atoms with Crippen LogP contribution in [0, 0.1) is 0 Å². The molecule has 0 fully saturated rings. The molecule has 0 heterocycles. The second-order valence-electron chi connectivity index (χ2n) is 7.46. The summed E-state index contributed by atoms with van der Waals surface area (Å²) >= 11 is 6.04. The number of anilines is 1. The van der Waals surface area contributed by atoms with Crippen molar-refractivity contribution in [2.24, 2.45) is 5.10 Å². The molecule has 0 aliphatic rings. The van der Waals surface area contributed by atoms with Gasteiger partial charge >= 0.3 is 11.8 Å². The van der Waals surface area contributed by atoms with E-state index in [0.29, 0.717) is 33.5 Å². The summed E-state index contributed by atoms with van der Waals surface area (Å²) in [6.45, 7) is -0.0915. The van der Waals surface area contributed by atoms with Crippen molar-refractivity contribution in [3.63, 3.8) is 0 Å². The molecule has 0 aliphatic carbocycles. The second-order valence-corrected chi connectivity index (χ2v) is 7.86. The topological polar surface area (TPSA) is 127 Å².